The van der Waals surface area contributed by atoms with Crippen LogP contribution in [-0.4, -0.2) is 24.8 Å². The summed E-state index contributed by atoms with van der Waals surface area (Å²) in [6.45, 7) is 3.27. The van der Waals surface area contributed by atoms with Crippen molar-refractivity contribution in [2.45, 2.75) is 0 Å². The van der Waals surface area contributed by atoms with Gasteiger partial charge >= 0.3 is 5.97 Å². The summed E-state index contributed by atoms with van der Waals surface area (Å²) in [4.78, 5) is 14.5. The average molecular weight is 311 g/mol. The summed E-state index contributed by atoms with van der Waals surface area (Å²) in [6, 6.07) is 7.06. The fourth-order valence-electron chi connectivity index (χ4n) is 1.12. The first-order valence-corrected chi connectivity index (χ1v) is 5.84. The van der Waals surface area contributed by atoms with Crippen LogP contribution in [0.2, 0.25) is 0 Å². The fourth-order valence-corrected chi connectivity index (χ4v) is 1.38. The van der Waals surface area contributed by atoms with Crippen LogP contribution in [0.4, 0.5) is 0 Å². The number of hydrogen-bond donors (Lipinski definition) is 2. The Morgan fingerprint density at radius 3 is 2.39 bits per heavy atom. The largest absolute Gasteiger partial charge is 0.478 e. The lowest BCUT2D eigenvalue weighted by atomic mass is 10.1. The maximum atomic E-state index is 11.0. The van der Waals surface area contributed by atoms with Gasteiger partial charge in [-0.25, -0.2) is 4.79 Å². The molecule has 96 valence electrons. The third-order valence-electron chi connectivity index (χ3n) is 1.84. The Balaban J connectivity index is 0.00000137. The zero-order valence-electron chi connectivity index (χ0n) is 10.0. The minimum Gasteiger partial charge on any atom is -0.478 e. The summed E-state index contributed by atoms with van der Waals surface area (Å²) in [5, 5.41) is 9.04. The van der Waals surface area contributed by atoms with Crippen molar-refractivity contribution in [2.75, 3.05) is 7.05 Å². The van der Waals surface area contributed by atoms with Crippen molar-refractivity contribution in [3.8, 4) is 0 Å². The quantitative estimate of drug-likeness (QED) is 0.510. The lowest BCUT2D eigenvalue weighted by Crippen LogP contribution is -1.98. The van der Waals surface area contributed by atoms with Crippen LogP contribution >= 0.6 is 15.9 Å². The summed E-state index contributed by atoms with van der Waals surface area (Å²) in [7, 11) is 1.50. The van der Waals surface area contributed by atoms with Gasteiger partial charge in [-0.3, -0.25) is 4.99 Å². The Morgan fingerprint density at radius 2 is 1.94 bits per heavy atom. The van der Waals surface area contributed by atoms with E-state index in [1.807, 2.05) is 0 Å². The molecule has 4 nitrogen and oxygen atoms in total. The number of nitrogens with two attached hydrogens (primary N) is 1. The summed E-state index contributed by atoms with van der Waals surface area (Å²) < 4.78 is 0.907. The summed E-state index contributed by atoms with van der Waals surface area (Å²) in [5.41, 5.74) is 5.36. The van der Waals surface area contributed by atoms with Gasteiger partial charge in [-0.1, -0.05) is 28.1 Å². The van der Waals surface area contributed by atoms with E-state index in [0.29, 0.717) is 5.56 Å². The van der Waals surface area contributed by atoms with E-state index < -0.39 is 5.97 Å². The Hall–Kier alpha value is -1.72. The lowest BCUT2D eigenvalue weighted by molar-refractivity contribution is -0.130. The Morgan fingerprint density at radius 1 is 1.39 bits per heavy atom. The van der Waals surface area contributed by atoms with Crippen LogP contribution in [0, 0.1) is 0 Å². The Labute approximate surface area is 115 Å². The molecule has 0 aromatic heterocycles. The van der Waals surface area contributed by atoms with Crippen molar-refractivity contribution in [3.63, 3.8) is 0 Å². The molecule has 0 unspecified atom stereocenters. The number of hydrogen-bond acceptors (Lipinski definition) is 3. The number of carboxylic acid groups (broad SMARTS) is 1. The molecular formula is C13H15BrN2O2. The number of allylic oxidation sites excluding steroid dienone is 2. The Bertz CT molecular complexity index is 451. The van der Waals surface area contributed by atoms with Crippen molar-refractivity contribution in [2.24, 2.45) is 10.7 Å². The molecule has 0 radical (unpaired) electrons. The summed E-state index contributed by atoms with van der Waals surface area (Å²) >= 11 is 3.29. The third-order valence-corrected chi connectivity index (χ3v) is 2.37. The van der Waals surface area contributed by atoms with E-state index in [2.05, 4.69) is 33.4 Å². The van der Waals surface area contributed by atoms with Gasteiger partial charge in [0.2, 0.25) is 0 Å². The number of halogens is 1. The first-order chi connectivity index (χ1) is 8.65. The van der Waals surface area contributed by atoms with Gasteiger partial charge in [-0.15, -0.1) is 0 Å². The second kappa shape index (κ2) is 9.32. The van der Waals surface area contributed by atoms with Crippen LogP contribution in [-0.2, 0) is 4.79 Å². The maximum absolute atomic E-state index is 11.0. The van der Waals surface area contributed by atoms with E-state index in [4.69, 9.17) is 5.11 Å². The molecule has 1 rings (SSSR count). The molecule has 0 bridgehead atoms. The molecule has 0 saturated heterocycles. The minimum atomic E-state index is -0.976. The van der Waals surface area contributed by atoms with Crippen LogP contribution in [0.1, 0.15) is 5.56 Å². The molecule has 18 heavy (non-hydrogen) atoms. The molecular weight excluding hydrogens is 296 g/mol. The molecule has 3 N–H and O–H groups in total. The maximum Gasteiger partial charge on any atom is 0.336 e. The zero-order valence-corrected chi connectivity index (χ0v) is 11.6. The predicted molar refractivity (Wildman–Crippen MR) is 78.6 cm³/mol. The van der Waals surface area contributed by atoms with Crippen LogP contribution in [0.15, 0.2) is 52.1 Å². The van der Waals surface area contributed by atoms with Crippen molar-refractivity contribution in [3.05, 3.63) is 52.7 Å². The van der Waals surface area contributed by atoms with Crippen LogP contribution in [0.5, 0.6) is 0 Å². The van der Waals surface area contributed by atoms with Crippen LogP contribution in [0.3, 0.4) is 0 Å². The van der Waals surface area contributed by atoms with E-state index in [1.165, 1.54) is 19.3 Å². The highest BCUT2D eigenvalue weighted by Crippen LogP contribution is 2.18. The van der Waals surface area contributed by atoms with Crippen molar-refractivity contribution in [1.29, 1.82) is 0 Å². The molecule has 0 fully saturated rings. The van der Waals surface area contributed by atoms with Gasteiger partial charge in [-0.05, 0) is 43.6 Å². The number of nitrogens with zero attached hydrogens (tertiary/aromatic N) is 1. The van der Waals surface area contributed by atoms with Crippen LogP contribution in [0.25, 0.3) is 5.57 Å². The zero-order chi connectivity index (χ0) is 14.0. The van der Waals surface area contributed by atoms with Crippen molar-refractivity contribution >= 4 is 34.2 Å². The molecule has 0 aliphatic heterocycles. The average Bonchev–Trinajstić information content (AvgIpc) is 2.38. The van der Waals surface area contributed by atoms with Gasteiger partial charge in [0, 0.05) is 10.7 Å². The second-order valence-electron chi connectivity index (χ2n) is 2.92. The molecule has 0 atom stereocenters. The van der Waals surface area contributed by atoms with Crippen molar-refractivity contribution in [1.82, 2.24) is 0 Å². The number of carbonyl (C=O) groups is 1. The highest BCUT2D eigenvalue weighted by atomic mass is 79.9. The molecule has 1 aromatic carbocycles. The van der Waals surface area contributed by atoms with Crippen molar-refractivity contribution < 1.29 is 9.90 Å². The van der Waals surface area contributed by atoms with Crippen LogP contribution < -0.4 is 5.73 Å². The minimum absolute atomic E-state index is 0.215. The van der Waals surface area contributed by atoms with Gasteiger partial charge in [0.1, 0.15) is 0 Å². The Kier molecular flexibility index (Phi) is 8.43. The SMILES string of the molecule is C=N/C=C\C=C(\C(=O)O)c1ccc(Br)cc1.CN. The number of rotatable bonds is 4. The first kappa shape index (κ1) is 16.3. The molecule has 0 saturated carbocycles. The number of benzene rings is 1. The smallest absolute Gasteiger partial charge is 0.336 e. The summed E-state index contributed by atoms with van der Waals surface area (Å²) in [6.07, 6.45) is 4.46. The number of carboxylic acids is 1. The van der Waals surface area contributed by atoms with Gasteiger partial charge in [0.15, 0.2) is 0 Å². The van der Waals surface area contributed by atoms with E-state index in [1.54, 1.807) is 30.3 Å². The van der Waals surface area contributed by atoms with E-state index in [0.717, 1.165) is 4.47 Å². The standard InChI is InChI=1S/C12H10BrNO2.CH5N/c1-14-8-2-3-11(12(15)16)9-4-6-10(13)7-5-9;1-2/h2-8H,1H2,(H,15,16);2H2,1H3/b8-2-,11-3+;. The molecule has 0 spiro atoms. The third kappa shape index (κ3) is 5.56. The van der Waals surface area contributed by atoms with Gasteiger partial charge in [-0.2, -0.15) is 0 Å². The molecule has 5 heteroatoms. The van der Waals surface area contributed by atoms with Gasteiger partial charge in [0.05, 0.1) is 5.57 Å². The van der Waals surface area contributed by atoms with Gasteiger partial charge in [0.25, 0.3) is 0 Å². The van der Waals surface area contributed by atoms with E-state index in [9.17, 15) is 4.79 Å². The lowest BCUT2D eigenvalue weighted by Gasteiger charge is -2.01. The van der Waals surface area contributed by atoms with E-state index in [-0.39, 0.29) is 5.57 Å². The topological polar surface area (TPSA) is 75.7 Å². The summed E-state index contributed by atoms with van der Waals surface area (Å²) in [5.74, 6) is -0.976. The fraction of sp³-hybridized carbons (Fsp3) is 0.0769. The highest BCUT2D eigenvalue weighted by Gasteiger charge is 2.08. The second-order valence-corrected chi connectivity index (χ2v) is 3.83. The molecule has 1 aromatic rings. The van der Waals surface area contributed by atoms with E-state index >= 15 is 0 Å². The molecule has 0 heterocycles. The number of aliphatic imine (C=N–C) groups is 1. The predicted octanol–water partition coefficient (Wildman–Crippen LogP) is 2.71. The first-order valence-electron chi connectivity index (χ1n) is 5.05. The highest BCUT2D eigenvalue weighted by molar-refractivity contribution is 9.10. The molecule has 0 aliphatic rings. The monoisotopic (exact) mass is 310 g/mol. The van der Waals surface area contributed by atoms with Gasteiger partial charge < -0.3 is 10.8 Å². The normalized spacial score (nSPS) is 10.7. The molecule has 0 aliphatic carbocycles. The number of aliphatic carboxylic acids is 1. The molecule has 0 amide bonds.